The van der Waals surface area contributed by atoms with Crippen molar-refractivity contribution in [3.63, 3.8) is 0 Å². The van der Waals surface area contributed by atoms with Crippen LogP contribution in [0.1, 0.15) is 24.1 Å². The number of nitrogens with two attached hydrogens (primary N) is 1. The Kier molecular flexibility index (Phi) is 4.18. The molecule has 2 rings (SSSR count). The summed E-state index contributed by atoms with van der Waals surface area (Å²) in [5.74, 6) is -0.226. The lowest BCUT2D eigenvalue weighted by atomic mass is 10.1. The maximum Gasteiger partial charge on any atom is 0.311 e. The minimum atomic E-state index is -0.593. The van der Waals surface area contributed by atoms with Crippen molar-refractivity contribution in [3.05, 3.63) is 63.5 Å². The Morgan fingerprint density at radius 3 is 2.57 bits per heavy atom. The Morgan fingerprint density at radius 1 is 1.29 bits per heavy atom. The third kappa shape index (κ3) is 3.00. The van der Waals surface area contributed by atoms with Crippen LogP contribution in [0.3, 0.4) is 0 Å². The smallest absolute Gasteiger partial charge is 0.311 e. The summed E-state index contributed by atoms with van der Waals surface area (Å²) in [7, 11) is 0. The fraction of sp³-hybridized carbons (Fsp3) is 0.200. The Hall–Kier alpha value is -2.47. The van der Waals surface area contributed by atoms with Crippen LogP contribution in [0.25, 0.3) is 0 Å². The van der Waals surface area contributed by atoms with Crippen molar-refractivity contribution < 1.29 is 14.1 Å². The molecule has 0 unspecified atom stereocenters. The molecule has 0 radical (unpaired) electrons. The lowest BCUT2D eigenvalue weighted by molar-refractivity contribution is -0.385. The first-order valence-electron chi connectivity index (χ1n) is 6.37. The SMILES string of the molecule is Cc1cccc([N+](=O)[O-])c1Oc1cccc(F)c1[C@@H](C)N. The van der Waals surface area contributed by atoms with Gasteiger partial charge in [0.15, 0.2) is 0 Å². The van der Waals surface area contributed by atoms with Crippen molar-refractivity contribution in [1.82, 2.24) is 0 Å². The molecule has 0 aliphatic carbocycles. The van der Waals surface area contributed by atoms with E-state index in [1.54, 1.807) is 26.0 Å². The number of rotatable bonds is 4. The fourth-order valence-electron chi connectivity index (χ4n) is 2.07. The van der Waals surface area contributed by atoms with E-state index in [0.29, 0.717) is 5.56 Å². The second-order valence-corrected chi connectivity index (χ2v) is 4.72. The molecule has 5 nitrogen and oxygen atoms in total. The van der Waals surface area contributed by atoms with Crippen molar-refractivity contribution in [2.24, 2.45) is 5.73 Å². The number of nitro benzene ring substituents is 1. The monoisotopic (exact) mass is 290 g/mol. The van der Waals surface area contributed by atoms with E-state index in [1.807, 2.05) is 0 Å². The molecule has 110 valence electrons. The molecule has 0 aliphatic rings. The zero-order chi connectivity index (χ0) is 15.6. The summed E-state index contributed by atoms with van der Waals surface area (Å²) in [6, 6.07) is 8.29. The number of para-hydroxylation sites is 1. The molecule has 2 aromatic carbocycles. The van der Waals surface area contributed by atoms with Crippen molar-refractivity contribution >= 4 is 5.69 Å². The van der Waals surface area contributed by atoms with Gasteiger partial charge in [0.05, 0.1) is 4.92 Å². The van der Waals surface area contributed by atoms with E-state index in [9.17, 15) is 14.5 Å². The van der Waals surface area contributed by atoms with Gasteiger partial charge in [-0.15, -0.1) is 0 Å². The van der Waals surface area contributed by atoms with Crippen LogP contribution in [0, 0.1) is 22.9 Å². The van der Waals surface area contributed by atoms with Crippen molar-refractivity contribution in [2.75, 3.05) is 0 Å². The molecule has 0 amide bonds. The number of hydrogen-bond acceptors (Lipinski definition) is 4. The predicted molar refractivity (Wildman–Crippen MR) is 76.9 cm³/mol. The molecule has 0 aromatic heterocycles. The van der Waals surface area contributed by atoms with Gasteiger partial charge in [0.25, 0.3) is 0 Å². The van der Waals surface area contributed by atoms with Gasteiger partial charge in [-0.25, -0.2) is 4.39 Å². The van der Waals surface area contributed by atoms with Gasteiger partial charge >= 0.3 is 5.69 Å². The molecular formula is C15H15FN2O3. The second-order valence-electron chi connectivity index (χ2n) is 4.72. The first-order valence-corrected chi connectivity index (χ1v) is 6.37. The molecule has 0 aliphatic heterocycles. The van der Waals surface area contributed by atoms with Crippen LogP contribution < -0.4 is 10.5 Å². The quantitative estimate of drug-likeness (QED) is 0.685. The van der Waals surface area contributed by atoms with E-state index in [-0.39, 0.29) is 22.7 Å². The number of ether oxygens (including phenoxy) is 1. The number of aryl methyl sites for hydroxylation is 1. The molecule has 0 bridgehead atoms. The van der Waals surface area contributed by atoms with Crippen LogP contribution in [0.4, 0.5) is 10.1 Å². The molecule has 21 heavy (non-hydrogen) atoms. The van der Waals surface area contributed by atoms with E-state index >= 15 is 0 Å². The van der Waals surface area contributed by atoms with E-state index < -0.39 is 16.8 Å². The number of nitrogens with zero attached hydrogens (tertiary/aromatic N) is 1. The van der Waals surface area contributed by atoms with Gasteiger partial charge in [0.1, 0.15) is 11.6 Å². The summed E-state index contributed by atoms with van der Waals surface area (Å²) in [6.07, 6.45) is 0. The Labute approximate surface area is 121 Å². The summed E-state index contributed by atoms with van der Waals surface area (Å²) >= 11 is 0. The summed E-state index contributed by atoms with van der Waals surface area (Å²) in [5.41, 5.74) is 6.36. The van der Waals surface area contributed by atoms with Crippen LogP contribution in [0.5, 0.6) is 11.5 Å². The molecule has 0 saturated carbocycles. The lowest BCUT2D eigenvalue weighted by Gasteiger charge is -2.15. The minimum absolute atomic E-state index is 0.0926. The van der Waals surface area contributed by atoms with Crippen LogP contribution in [-0.4, -0.2) is 4.92 Å². The average Bonchev–Trinajstić information content (AvgIpc) is 2.40. The maximum absolute atomic E-state index is 13.9. The van der Waals surface area contributed by atoms with Crippen LogP contribution in [0.15, 0.2) is 36.4 Å². The van der Waals surface area contributed by atoms with Gasteiger partial charge in [-0.2, -0.15) is 0 Å². The van der Waals surface area contributed by atoms with Crippen molar-refractivity contribution in [3.8, 4) is 11.5 Å². The topological polar surface area (TPSA) is 78.4 Å². The van der Waals surface area contributed by atoms with Gasteiger partial charge < -0.3 is 10.5 Å². The summed E-state index contributed by atoms with van der Waals surface area (Å²) in [4.78, 5) is 10.5. The van der Waals surface area contributed by atoms with Gasteiger partial charge in [-0.05, 0) is 31.5 Å². The van der Waals surface area contributed by atoms with Crippen LogP contribution >= 0.6 is 0 Å². The zero-order valence-corrected chi connectivity index (χ0v) is 11.7. The van der Waals surface area contributed by atoms with Crippen molar-refractivity contribution in [1.29, 1.82) is 0 Å². The summed E-state index contributed by atoms with van der Waals surface area (Å²) in [5, 5.41) is 11.1. The third-order valence-corrected chi connectivity index (χ3v) is 3.07. The van der Waals surface area contributed by atoms with Crippen LogP contribution in [0.2, 0.25) is 0 Å². The van der Waals surface area contributed by atoms with Gasteiger partial charge in [0, 0.05) is 17.7 Å². The normalized spacial score (nSPS) is 12.0. The standard InChI is InChI=1S/C15H15FN2O3/c1-9-5-3-7-12(18(19)20)15(9)21-13-8-4-6-11(16)14(13)10(2)17/h3-8,10H,17H2,1-2H3/t10-/m1/s1. The molecule has 1 atom stereocenters. The van der Waals surface area contributed by atoms with Gasteiger partial charge in [-0.1, -0.05) is 18.2 Å². The second kappa shape index (κ2) is 5.88. The number of halogens is 1. The van der Waals surface area contributed by atoms with Crippen molar-refractivity contribution in [2.45, 2.75) is 19.9 Å². The predicted octanol–water partition coefficient (Wildman–Crippen LogP) is 3.85. The molecular weight excluding hydrogens is 275 g/mol. The Bertz CT molecular complexity index is 687. The Balaban J connectivity index is 2.54. The lowest BCUT2D eigenvalue weighted by Crippen LogP contribution is -2.09. The molecule has 6 heteroatoms. The molecule has 0 spiro atoms. The highest BCUT2D eigenvalue weighted by Gasteiger charge is 2.21. The van der Waals surface area contributed by atoms with E-state index in [2.05, 4.69) is 0 Å². The zero-order valence-electron chi connectivity index (χ0n) is 11.7. The van der Waals surface area contributed by atoms with E-state index in [1.165, 1.54) is 24.3 Å². The highest BCUT2D eigenvalue weighted by molar-refractivity contribution is 5.54. The molecule has 2 aromatic rings. The molecule has 0 heterocycles. The molecule has 0 fully saturated rings. The van der Waals surface area contributed by atoms with Crippen LogP contribution in [-0.2, 0) is 0 Å². The van der Waals surface area contributed by atoms with Gasteiger partial charge in [0.2, 0.25) is 5.75 Å². The highest BCUT2D eigenvalue weighted by atomic mass is 19.1. The highest BCUT2D eigenvalue weighted by Crippen LogP contribution is 2.37. The van der Waals surface area contributed by atoms with Gasteiger partial charge in [-0.3, -0.25) is 10.1 Å². The largest absolute Gasteiger partial charge is 0.449 e. The number of nitro groups is 1. The summed E-state index contributed by atoms with van der Waals surface area (Å²) < 4.78 is 19.5. The average molecular weight is 290 g/mol. The first kappa shape index (κ1) is 14.9. The maximum atomic E-state index is 13.9. The van der Waals surface area contributed by atoms with E-state index in [4.69, 9.17) is 10.5 Å². The third-order valence-electron chi connectivity index (χ3n) is 3.07. The fourth-order valence-corrected chi connectivity index (χ4v) is 2.07. The summed E-state index contributed by atoms with van der Waals surface area (Å²) in [6.45, 7) is 3.31. The first-order chi connectivity index (χ1) is 9.91. The number of benzene rings is 2. The number of hydrogen-bond donors (Lipinski definition) is 1. The van der Waals surface area contributed by atoms with E-state index in [0.717, 1.165) is 0 Å². The minimum Gasteiger partial charge on any atom is -0.449 e. The molecule has 0 saturated heterocycles. The molecule has 2 N–H and O–H groups in total. The Morgan fingerprint density at radius 2 is 1.95 bits per heavy atom.